The first kappa shape index (κ1) is 18.7. The average molecular weight is 351 g/mol. The van der Waals surface area contributed by atoms with Gasteiger partial charge < -0.3 is 5.32 Å². The summed E-state index contributed by atoms with van der Waals surface area (Å²) < 4.78 is 0. The molecule has 0 spiro atoms. The van der Waals surface area contributed by atoms with Gasteiger partial charge in [0.25, 0.3) is 5.91 Å². The number of carbonyl (C=O) groups is 1. The molecule has 2 aromatic carbocycles. The Kier molecular flexibility index (Phi) is 6.45. The molecule has 3 rings (SSSR count). The van der Waals surface area contributed by atoms with E-state index in [1.54, 1.807) is 0 Å². The SMILES string of the molecule is C[C@@H]1CCCN(Cc2ccc(C(=O)NC[C@@H](C)c3ccccc3)cc2)C1. The molecule has 1 aliphatic rings. The molecule has 1 N–H and O–H groups in total. The van der Waals surface area contributed by atoms with E-state index in [4.69, 9.17) is 0 Å². The molecule has 3 nitrogen and oxygen atoms in total. The highest BCUT2D eigenvalue weighted by Crippen LogP contribution is 2.18. The van der Waals surface area contributed by atoms with E-state index in [2.05, 4.69) is 48.3 Å². The Morgan fingerprint density at radius 1 is 1.15 bits per heavy atom. The summed E-state index contributed by atoms with van der Waals surface area (Å²) in [5.74, 6) is 1.10. The van der Waals surface area contributed by atoms with E-state index in [0.717, 1.165) is 18.0 Å². The summed E-state index contributed by atoms with van der Waals surface area (Å²) >= 11 is 0. The number of carbonyl (C=O) groups excluding carboxylic acids is 1. The summed E-state index contributed by atoms with van der Waals surface area (Å²) in [7, 11) is 0. The molecule has 0 aliphatic carbocycles. The van der Waals surface area contributed by atoms with Crippen LogP contribution in [0.2, 0.25) is 0 Å². The van der Waals surface area contributed by atoms with Gasteiger partial charge in [-0.25, -0.2) is 0 Å². The summed E-state index contributed by atoms with van der Waals surface area (Å²) in [5, 5.41) is 3.05. The normalized spacial score (nSPS) is 19.1. The summed E-state index contributed by atoms with van der Waals surface area (Å²) in [6.07, 6.45) is 2.64. The third-order valence-electron chi connectivity index (χ3n) is 5.30. The van der Waals surface area contributed by atoms with Crippen molar-refractivity contribution in [2.75, 3.05) is 19.6 Å². The fraction of sp³-hybridized carbons (Fsp3) is 0.435. The van der Waals surface area contributed by atoms with Crippen LogP contribution in [0, 0.1) is 5.92 Å². The standard InChI is InChI=1S/C23H30N2O/c1-18-7-6-14-25(16-18)17-20-10-12-22(13-11-20)23(26)24-15-19(2)21-8-4-3-5-9-21/h3-5,8-13,18-19H,6-7,14-17H2,1-2H3,(H,24,26)/t18-,19-/m1/s1. The number of hydrogen-bond donors (Lipinski definition) is 1. The Labute approximate surface area is 157 Å². The molecule has 1 heterocycles. The van der Waals surface area contributed by atoms with Gasteiger partial charge in [-0.1, -0.05) is 56.3 Å². The van der Waals surface area contributed by atoms with Gasteiger partial charge in [-0.3, -0.25) is 9.69 Å². The highest BCUT2D eigenvalue weighted by molar-refractivity contribution is 5.94. The molecule has 0 aromatic heterocycles. The van der Waals surface area contributed by atoms with E-state index in [0.29, 0.717) is 12.5 Å². The minimum atomic E-state index is 0.00549. The van der Waals surface area contributed by atoms with Crippen molar-refractivity contribution in [3.8, 4) is 0 Å². The number of nitrogens with one attached hydrogen (secondary N) is 1. The van der Waals surface area contributed by atoms with Gasteiger partial charge >= 0.3 is 0 Å². The molecule has 1 saturated heterocycles. The second-order valence-electron chi connectivity index (χ2n) is 7.70. The smallest absolute Gasteiger partial charge is 0.251 e. The molecule has 138 valence electrons. The topological polar surface area (TPSA) is 32.3 Å². The van der Waals surface area contributed by atoms with Crippen LogP contribution in [0.1, 0.15) is 54.1 Å². The van der Waals surface area contributed by atoms with Gasteiger partial charge in [0, 0.05) is 25.2 Å². The minimum absolute atomic E-state index is 0.00549. The molecule has 0 bridgehead atoms. The van der Waals surface area contributed by atoms with Gasteiger partial charge in [-0.15, -0.1) is 0 Å². The van der Waals surface area contributed by atoms with Crippen molar-refractivity contribution in [3.05, 3.63) is 71.3 Å². The van der Waals surface area contributed by atoms with Crippen molar-refractivity contribution in [1.29, 1.82) is 0 Å². The number of rotatable bonds is 6. The zero-order chi connectivity index (χ0) is 18.4. The Hall–Kier alpha value is -2.13. The average Bonchev–Trinajstić information content (AvgIpc) is 2.67. The molecular formula is C23H30N2O. The van der Waals surface area contributed by atoms with Gasteiger partial charge in [0.1, 0.15) is 0 Å². The van der Waals surface area contributed by atoms with Gasteiger partial charge in [0.05, 0.1) is 0 Å². The lowest BCUT2D eigenvalue weighted by Gasteiger charge is -2.30. The quantitative estimate of drug-likeness (QED) is 0.835. The van der Waals surface area contributed by atoms with E-state index >= 15 is 0 Å². The van der Waals surface area contributed by atoms with Crippen LogP contribution >= 0.6 is 0 Å². The molecule has 1 aliphatic heterocycles. The zero-order valence-corrected chi connectivity index (χ0v) is 15.9. The number of piperidine rings is 1. The third-order valence-corrected chi connectivity index (χ3v) is 5.30. The molecule has 2 aromatic rings. The molecule has 3 heteroatoms. The van der Waals surface area contributed by atoms with Crippen molar-refractivity contribution in [2.24, 2.45) is 5.92 Å². The first-order chi connectivity index (χ1) is 12.6. The number of likely N-dealkylation sites (tertiary alicyclic amines) is 1. The summed E-state index contributed by atoms with van der Waals surface area (Å²) in [4.78, 5) is 14.9. The van der Waals surface area contributed by atoms with Gasteiger partial charge in [0.2, 0.25) is 0 Å². The molecular weight excluding hydrogens is 320 g/mol. The van der Waals surface area contributed by atoms with Crippen LogP contribution in [0.5, 0.6) is 0 Å². The highest BCUT2D eigenvalue weighted by atomic mass is 16.1. The van der Waals surface area contributed by atoms with Crippen LogP contribution in [0.25, 0.3) is 0 Å². The van der Waals surface area contributed by atoms with E-state index in [9.17, 15) is 4.79 Å². The third kappa shape index (κ3) is 5.18. The second kappa shape index (κ2) is 9.00. The fourth-order valence-corrected chi connectivity index (χ4v) is 3.70. The van der Waals surface area contributed by atoms with E-state index in [1.165, 1.54) is 37.1 Å². The fourth-order valence-electron chi connectivity index (χ4n) is 3.70. The van der Waals surface area contributed by atoms with E-state index < -0.39 is 0 Å². The molecule has 0 unspecified atom stereocenters. The van der Waals surface area contributed by atoms with E-state index in [1.807, 2.05) is 30.3 Å². The monoisotopic (exact) mass is 350 g/mol. The van der Waals surface area contributed by atoms with Gasteiger partial charge in [-0.05, 0) is 54.5 Å². The Morgan fingerprint density at radius 3 is 2.58 bits per heavy atom. The van der Waals surface area contributed by atoms with Crippen molar-refractivity contribution in [1.82, 2.24) is 10.2 Å². The zero-order valence-electron chi connectivity index (χ0n) is 15.9. The van der Waals surface area contributed by atoms with Crippen LogP contribution in [-0.4, -0.2) is 30.4 Å². The lowest BCUT2D eigenvalue weighted by atomic mass is 9.99. The van der Waals surface area contributed by atoms with Crippen LogP contribution in [0.4, 0.5) is 0 Å². The molecule has 2 atom stereocenters. The number of nitrogens with zero attached hydrogens (tertiary/aromatic N) is 1. The van der Waals surface area contributed by atoms with Crippen LogP contribution < -0.4 is 5.32 Å². The maximum Gasteiger partial charge on any atom is 0.251 e. The maximum absolute atomic E-state index is 12.4. The molecule has 26 heavy (non-hydrogen) atoms. The van der Waals surface area contributed by atoms with Crippen molar-refractivity contribution in [2.45, 2.75) is 39.2 Å². The lowest BCUT2D eigenvalue weighted by molar-refractivity contribution is 0.0951. The van der Waals surface area contributed by atoms with Gasteiger partial charge in [-0.2, -0.15) is 0 Å². The summed E-state index contributed by atoms with van der Waals surface area (Å²) in [6.45, 7) is 8.46. The van der Waals surface area contributed by atoms with Crippen molar-refractivity contribution >= 4 is 5.91 Å². The maximum atomic E-state index is 12.4. The van der Waals surface area contributed by atoms with Crippen molar-refractivity contribution < 1.29 is 4.79 Å². The lowest BCUT2D eigenvalue weighted by Crippen LogP contribution is -2.33. The predicted molar refractivity (Wildman–Crippen MR) is 107 cm³/mol. The Morgan fingerprint density at radius 2 is 1.88 bits per heavy atom. The summed E-state index contributed by atoms with van der Waals surface area (Å²) in [6, 6.07) is 18.4. The van der Waals surface area contributed by atoms with Gasteiger partial charge in [0.15, 0.2) is 0 Å². The number of benzene rings is 2. The first-order valence-corrected chi connectivity index (χ1v) is 9.76. The minimum Gasteiger partial charge on any atom is -0.351 e. The van der Waals surface area contributed by atoms with Crippen LogP contribution in [-0.2, 0) is 6.54 Å². The second-order valence-corrected chi connectivity index (χ2v) is 7.70. The Balaban J connectivity index is 1.50. The summed E-state index contributed by atoms with van der Waals surface area (Å²) in [5.41, 5.74) is 3.27. The Bertz CT molecular complexity index is 696. The number of amides is 1. The predicted octanol–water partition coefficient (Wildman–Crippen LogP) is 4.45. The van der Waals surface area contributed by atoms with Crippen LogP contribution in [0.15, 0.2) is 54.6 Å². The molecule has 0 saturated carbocycles. The largest absolute Gasteiger partial charge is 0.351 e. The molecule has 1 amide bonds. The number of hydrogen-bond acceptors (Lipinski definition) is 2. The van der Waals surface area contributed by atoms with E-state index in [-0.39, 0.29) is 5.91 Å². The van der Waals surface area contributed by atoms with Crippen molar-refractivity contribution in [3.63, 3.8) is 0 Å². The molecule has 1 fully saturated rings. The highest BCUT2D eigenvalue weighted by Gasteiger charge is 2.16. The first-order valence-electron chi connectivity index (χ1n) is 9.76. The molecule has 0 radical (unpaired) electrons. The van der Waals surface area contributed by atoms with Crippen LogP contribution in [0.3, 0.4) is 0 Å².